The molecule has 1 aliphatic carbocycles. The molecular formula is C17H32N4S. The molecule has 3 aliphatic rings. The number of aliphatic imine (C=N–C) groups is 1. The summed E-state index contributed by atoms with van der Waals surface area (Å²) in [5.74, 6) is 3.72. The molecule has 0 aromatic carbocycles. The van der Waals surface area contributed by atoms with E-state index in [0.717, 1.165) is 19.0 Å². The summed E-state index contributed by atoms with van der Waals surface area (Å²) >= 11 is 2.08. The Morgan fingerprint density at radius 3 is 2.59 bits per heavy atom. The van der Waals surface area contributed by atoms with Crippen molar-refractivity contribution in [1.82, 2.24) is 15.1 Å². The van der Waals surface area contributed by atoms with Crippen LogP contribution in [-0.4, -0.2) is 73.6 Å². The maximum absolute atomic E-state index is 4.54. The lowest BCUT2D eigenvalue weighted by Crippen LogP contribution is -2.45. The first-order chi connectivity index (χ1) is 10.8. The average Bonchev–Trinajstić information content (AvgIpc) is 2.96. The van der Waals surface area contributed by atoms with E-state index >= 15 is 0 Å². The molecule has 0 atom stereocenters. The Hall–Kier alpha value is -0.420. The Kier molecular flexibility index (Phi) is 5.91. The highest BCUT2D eigenvalue weighted by Gasteiger charge is 2.39. The van der Waals surface area contributed by atoms with Gasteiger partial charge in [0.25, 0.3) is 0 Å². The number of nitrogens with one attached hydrogen (secondary N) is 1. The summed E-state index contributed by atoms with van der Waals surface area (Å²) in [4.78, 5) is 9.62. The highest BCUT2D eigenvalue weighted by molar-refractivity contribution is 7.99. The molecular weight excluding hydrogens is 292 g/mol. The van der Waals surface area contributed by atoms with Crippen LogP contribution in [0.25, 0.3) is 0 Å². The number of thioether (sulfide) groups is 1. The fourth-order valence-electron chi connectivity index (χ4n) is 4.31. The fraction of sp³-hybridized carbons (Fsp3) is 0.941. The van der Waals surface area contributed by atoms with Crippen molar-refractivity contribution in [3.63, 3.8) is 0 Å². The lowest BCUT2D eigenvalue weighted by molar-refractivity contribution is 0.203. The summed E-state index contributed by atoms with van der Waals surface area (Å²) in [7, 11) is 1.94. The van der Waals surface area contributed by atoms with Crippen molar-refractivity contribution in [3.05, 3.63) is 0 Å². The Morgan fingerprint density at radius 2 is 1.86 bits per heavy atom. The first kappa shape index (κ1) is 16.4. The summed E-state index contributed by atoms with van der Waals surface area (Å²) in [6.07, 6.45) is 8.57. The molecule has 2 heterocycles. The summed E-state index contributed by atoms with van der Waals surface area (Å²) in [5.41, 5.74) is 0.611. The first-order valence-corrected chi connectivity index (χ1v) is 10.2. The summed E-state index contributed by atoms with van der Waals surface area (Å²) in [6, 6.07) is 0. The SMILES string of the molecule is CN=C(NCCN1CCSCC1)N1CCC2(CCCCC2)C1. The second-order valence-electron chi connectivity index (χ2n) is 7.16. The van der Waals surface area contributed by atoms with E-state index in [1.807, 2.05) is 7.05 Å². The zero-order chi connectivity index (χ0) is 15.3. The third-order valence-electron chi connectivity index (χ3n) is 5.68. The van der Waals surface area contributed by atoms with Gasteiger partial charge in [0.05, 0.1) is 0 Å². The summed E-state index contributed by atoms with van der Waals surface area (Å²) < 4.78 is 0. The van der Waals surface area contributed by atoms with E-state index < -0.39 is 0 Å². The molecule has 0 aromatic heterocycles. The maximum Gasteiger partial charge on any atom is 0.193 e. The van der Waals surface area contributed by atoms with Gasteiger partial charge in [-0.25, -0.2) is 0 Å². The molecule has 0 radical (unpaired) electrons. The van der Waals surface area contributed by atoms with Crippen molar-refractivity contribution in [3.8, 4) is 0 Å². The fourth-order valence-corrected chi connectivity index (χ4v) is 5.29. The molecule has 1 N–H and O–H groups in total. The topological polar surface area (TPSA) is 30.9 Å². The van der Waals surface area contributed by atoms with Gasteiger partial charge in [-0.15, -0.1) is 0 Å². The van der Waals surface area contributed by atoms with Crippen LogP contribution in [0.15, 0.2) is 4.99 Å². The zero-order valence-corrected chi connectivity index (χ0v) is 15.0. The van der Waals surface area contributed by atoms with Crippen LogP contribution in [0.1, 0.15) is 38.5 Å². The largest absolute Gasteiger partial charge is 0.355 e. The Bertz CT molecular complexity index is 373. The molecule has 22 heavy (non-hydrogen) atoms. The molecule has 4 nitrogen and oxygen atoms in total. The molecule has 1 spiro atoms. The molecule has 0 amide bonds. The maximum atomic E-state index is 4.54. The normalized spacial score (nSPS) is 26.6. The van der Waals surface area contributed by atoms with E-state index in [-0.39, 0.29) is 0 Å². The van der Waals surface area contributed by atoms with E-state index in [4.69, 9.17) is 0 Å². The third-order valence-corrected chi connectivity index (χ3v) is 6.62. The van der Waals surface area contributed by atoms with Crippen LogP contribution in [0.2, 0.25) is 0 Å². The minimum Gasteiger partial charge on any atom is -0.355 e. The highest BCUT2D eigenvalue weighted by Crippen LogP contribution is 2.43. The molecule has 2 aliphatic heterocycles. The van der Waals surface area contributed by atoms with E-state index in [0.29, 0.717) is 5.41 Å². The third kappa shape index (κ3) is 4.10. The number of hydrogen-bond donors (Lipinski definition) is 1. The number of likely N-dealkylation sites (tertiary alicyclic amines) is 1. The van der Waals surface area contributed by atoms with Crippen LogP contribution in [0.4, 0.5) is 0 Å². The molecule has 1 saturated carbocycles. The van der Waals surface area contributed by atoms with Gasteiger partial charge in [-0.3, -0.25) is 9.89 Å². The smallest absolute Gasteiger partial charge is 0.193 e. The van der Waals surface area contributed by atoms with Gasteiger partial charge in [0.2, 0.25) is 0 Å². The van der Waals surface area contributed by atoms with E-state index in [1.165, 1.54) is 76.2 Å². The highest BCUT2D eigenvalue weighted by atomic mass is 32.2. The molecule has 3 rings (SSSR count). The van der Waals surface area contributed by atoms with Gasteiger partial charge >= 0.3 is 0 Å². The second-order valence-corrected chi connectivity index (χ2v) is 8.38. The van der Waals surface area contributed by atoms with Gasteiger partial charge < -0.3 is 10.2 Å². The van der Waals surface area contributed by atoms with Gasteiger partial charge in [0.15, 0.2) is 5.96 Å². The van der Waals surface area contributed by atoms with Crippen molar-refractivity contribution >= 4 is 17.7 Å². The minimum atomic E-state index is 0.611. The lowest BCUT2D eigenvalue weighted by atomic mass is 9.73. The number of rotatable bonds is 3. The average molecular weight is 325 g/mol. The first-order valence-electron chi connectivity index (χ1n) is 9.07. The van der Waals surface area contributed by atoms with Crippen LogP contribution in [0, 0.1) is 5.41 Å². The van der Waals surface area contributed by atoms with Crippen molar-refractivity contribution in [2.24, 2.45) is 10.4 Å². The lowest BCUT2D eigenvalue weighted by Gasteiger charge is -2.34. The van der Waals surface area contributed by atoms with Gasteiger partial charge in [0.1, 0.15) is 0 Å². The van der Waals surface area contributed by atoms with E-state index in [1.54, 1.807) is 0 Å². The van der Waals surface area contributed by atoms with Crippen LogP contribution in [0.3, 0.4) is 0 Å². The molecule has 2 saturated heterocycles. The standard InChI is InChI=1S/C17H32N4S/c1-18-16(19-8-10-20-11-13-22-14-12-20)21-9-7-17(15-21)5-3-2-4-6-17/h2-15H2,1H3,(H,18,19). The molecule has 0 unspecified atom stereocenters. The van der Waals surface area contributed by atoms with Gasteiger partial charge in [-0.1, -0.05) is 19.3 Å². The van der Waals surface area contributed by atoms with Gasteiger partial charge in [0, 0.05) is 57.8 Å². The zero-order valence-electron chi connectivity index (χ0n) is 14.1. The Morgan fingerprint density at radius 1 is 1.09 bits per heavy atom. The van der Waals surface area contributed by atoms with Crippen molar-refractivity contribution < 1.29 is 0 Å². The predicted molar refractivity (Wildman–Crippen MR) is 96.8 cm³/mol. The Labute approximate surface area is 140 Å². The van der Waals surface area contributed by atoms with E-state index in [9.17, 15) is 0 Å². The minimum absolute atomic E-state index is 0.611. The van der Waals surface area contributed by atoms with Crippen molar-refractivity contribution in [1.29, 1.82) is 0 Å². The second kappa shape index (κ2) is 7.91. The number of guanidine groups is 1. The Balaban J connectivity index is 1.43. The van der Waals surface area contributed by atoms with Crippen LogP contribution >= 0.6 is 11.8 Å². The van der Waals surface area contributed by atoms with Crippen LogP contribution in [-0.2, 0) is 0 Å². The molecule has 5 heteroatoms. The molecule has 3 fully saturated rings. The van der Waals surface area contributed by atoms with Crippen LogP contribution in [0.5, 0.6) is 0 Å². The molecule has 126 valence electrons. The number of nitrogens with zero attached hydrogens (tertiary/aromatic N) is 3. The molecule has 0 aromatic rings. The quantitative estimate of drug-likeness (QED) is 0.637. The van der Waals surface area contributed by atoms with Crippen LogP contribution < -0.4 is 5.32 Å². The monoisotopic (exact) mass is 324 g/mol. The predicted octanol–water partition coefficient (Wildman–Crippen LogP) is 2.27. The van der Waals surface area contributed by atoms with Gasteiger partial charge in [-0.2, -0.15) is 11.8 Å². The molecule has 0 bridgehead atoms. The number of hydrogen-bond acceptors (Lipinski definition) is 3. The van der Waals surface area contributed by atoms with Crippen molar-refractivity contribution in [2.75, 3.05) is 57.8 Å². The summed E-state index contributed by atoms with van der Waals surface area (Å²) in [6.45, 7) is 7.10. The summed E-state index contributed by atoms with van der Waals surface area (Å²) in [5, 5.41) is 3.61. The van der Waals surface area contributed by atoms with Gasteiger partial charge in [-0.05, 0) is 24.7 Å². The van der Waals surface area contributed by atoms with E-state index in [2.05, 4.69) is 31.9 Å². The van der Waals surface area contributed by atoms with Crippen molar-refractivity contribution in [2.45, 2.75) is 38.5 Å².